The Balaban J connectivity index is 1.06. The van der Waals surface area contributed by atoms with E-state index in [4.69, 9.17) is 4.74 Å². The number of anilines is 1. The summed E-state index contributed by atoms with van der Waals surface area (Å²) in [5.74, 6) is -0.645. The van der Waals surface area contributed by atoms with Crippen LogP contribution in [0.1, 0.15) is 79.7 Å². The van der Waals surface area contributed by atoms with Crippen LogP contribution in [0.15, 0.2) is 84.9 Å². The van der Waals surface area contributed by atoms with Gasteiger partial charge in [0, 0.05) is 44.3 Å². The molecular formula is C44H51N5O5. The molecule has 3 aromatic rings. The predicted octanol–water partition coefficient (Wildman–Crippen LogP) is 6.23. The van der Waals surface area contributed by atoms with Crippen LogP contribution in [0.4, 0.5) is 10.5 Å². The molecule has 8 rings (SSSR count). The monoisotopic (exact) mass is 729 g/mol. The van der Waals surface area contributed by atoms with E-state index in [0.29, 0.717) is 19.1 Å². The molecule has 3 aromatic carbocycles. The Morgan fingerprint density at radius 3 is 2.33 bits per heavy atom. The average Bonchev–Trinajstić information content (AvgIpc) is 3.86. The molecule has 4 amide bonds. The fourth-order valence-electron chi connectivity index (χ4n) is 9.35. The number of nitrogens with one attached hydrogen (secondary N) is 1. The molecule has 0 radical (unpaired) electrons. The lowest BCUT2D eigenvalue weighted by Gasteiger charge is -2.52. The average molecular weight is 730 g/mol. The van der Waals surface area contributed by atoms with E-state index in [2.05, 4.69) is 16.3 Å². The summed E-state index contributed by atoms with van der Waals surface area (Å²) in [6, 6.07) is 23.1. The van der Waals surface area contributed by atoms with Crippen molar-refractivity contribution in [3.05, 3.63) is 107 Å². The lowest BCUT2D eigenvalue weighted by Crippen LogP contribution is -2.74. The number of rotatable bonds is 11. The summed E-state index contributed by atoms with van der Waals surface area (Å²) in [6.45, 7) is 3.22. The van der Waals surface area contributed by atoms with Crippen molar-refractivity contribution in [2.45, 2.75) is 94.4 Å². The fraction of sp³-hybridized carbons (Fsp3) is 0.455. The zero-order chi connectivity index (χ0) is 37.0. The van der Waals surface area contributed by atoms with Gasteiger partial charge in [0.15, 0.2) is 0 Å². The van der Waals surface area contributed by atoms with Gasteiger partial charge in [-0.2, -0.15) is 0 Å². The molecule has 0 aromatic heterocycles. The van der Waals surface area contributed by atoms with Gasteiger partial charge in [-0.25, -0.2) is 4.79 Å². The summed E-state index contributed by atoms with van der Waals surface area (Å²) < 4.78 is 5.57. The number of nitrogens with zero attached hydrogens (tertiary/aromatic N) is 4. The first-order valence-electron chi connectivity index (χ1n) is 19.9. The number of aryl methyl sites for hydroxylation is 1. The Bertz CT molecular complexity index is 1850. The summed E-state index contributed by atoms with van der Waals surface area (Å²) in [4.78, 5) is 64.0. The summed E-state index contributed by atoms with van der Waals surface area (Å²) in [5, 5.41) is 3.19. The normalized spacial score (nSPS) is 24.0. The molecule has 4 fully saturated rings. The molecular weight excluding hydrogens is 679 g/mol. The first-order chi connectivity index (χ1) is 26.5. The van der Waals surface area contributed by atoms with Gasteiger partial charge in [0.05, 0.1) is 12.1 Å². The van der Waals surface area contributed by atoms with Gasteiger partial charge in [0.1, 0.15) is 18.7 Å². The van der Waals surface area contributed by atoms with Crippen molar-refractivity contribution in [2.75, 3.05) is 38.1 Å². The van der Waals surface area contributed by atoms with E-state index in [9.17, 15) is 19.2 Å². The quantitative estimate of drug-likeness (QED) is 0.235. The molecule has 4 atom stereocenters. The van der Waals surface area contributed by atoms with Gasteiger partial charge >= 0.3 is 6.09 Å². The highest BCUT2D eigenvalue weighted by molar-refractivity contribution is 6.02. The second kappa shape index (κ2) is 16.2. The lowest BCUT2D eigenvalue weighted by molar-refractivity contribution is -0.162. The van der Waals surface area contributed by atoms with E-state index in [1.165, 1.54) is 37.7 Å². The van der Waals surface area contributed by atoms with Gasteiger partial charge in [-0.3, -0.25) is 24.2 Å². The second-order valence-electron chi connectivity index (χ2n) is 15.4. The van der Waals surface area contributed by atoms with E-state index in [1.54, 1.807) is 9.80 Å². The number of fused-ring (bicyclic) bond motifs is 1. The standard InChI is InChI=1S/C44H51N5O5/c50-40(47-28-26-46(27-29-47)34-18-8-3-9-19-34)25-24-38(42(51)45-36-21-11-17-32-16-10-20-35(32)36)48-37(23-22-31-12-4-1-5-13-31)41(43(48)52)49-39(30-54-44(49)53)33-14-6-2-7-15-33/h1-2,4-7,11-15,17,21-23,34,37-39,41H,3,8-10,16,18-20,24-30H2,(H,45,51)/b23-22+/t37-,38+,39-,41+/m1/s1. The minimum absolute atomic E-state index is 0.00450. The van der Waals surface area contributed by atoms with Crippen LogP contribution in [0.25, 0.3) is 6.08 Å². The number of benzene rings is 3. The Morgan fingerprint density at radius 2 is 1.57 bits per heavy atom. The van der Waals surface area contributed by atoms with Gasteiger partial charge in [-0.15, -0.1) is 0 Å². The number of hydrogen-bond donors (Lipinski definition) is 1. The van der Waals surface area contributed by atoms with Crippen LogP contribution in [-0.2, 0) is 32.0 Å². The largest absolute Gasteiger partial charge is 0.447 e. The maximum atomic E-state index is 14.6. The molecule has 0 bridgehead atoms. The number of ether oxygens (including phenoxy) is 1. The van der Waals surface area contributed by atoms with Gasteiger partial charge < -0.3 is 19.9 Å². The van der Waals surface area contributed by atoms with Crippen molar-refractivity contribution in [3.63, 3.8) is 0 Å². The third kappa shape index (κ3) is 7.40. The molecule has 3 saturated heterocycles. The first-order valence-corrected chi connectivity index (χ1v) is 19.9. The van der Waals surface area contributed by atoms with E-state index in [-0.39, 0.29) is 37.2 Å². The summed E-state index contributed by atoms with van der Waals surface area (Å²) in [5.41, 5.74) is 4.94. The van der Waals surface area contributed by atoms with Crippen LogP contribution >= 0.6 is 0 Å². The second-order valence-corrected chi connectivity index (χ2v) is 15.4. The minimum atomic E-state index is -0.933. The number of amides is 4. The smallest absolute Gasteiger partial charge is 0.411 e. The molecule has 0 spiro atoms. The van der Waals surface area contributed by atoms with Crippen LogP contribution in [0, 0.1) is 0 Å². The molecule has 54 heavy (non-hydrogen) atoms. The highest BCUT2D eigenvalue weighted by atomic mass is 16.6. The van der Waals surface area contributed by atoms with E-state index >= 15 is 0 Å². The maximum Gasteiger partial charge on any atom is 0.411 e. The predicted molar refractivity (Wildman–Crippen MR) is 207 cm³/mol. The van der Waals surface area contributed by atoms with Gasteiger partial charge in [0.2, 0.25) is 17.7 Å². The lowest BCUT2D eigenvalue weighted by atomic mass is 9.87. The van der Waals surface area contributed by atoms with Crippen LogP contribution < -0.4 is 5.32 Å². The van der Waals surface area contributed by atoms with E-state index in [1.807, 2.05) is 89.8 Å². The highest BCUT2D eigenvalue weighted by Gasteiger charge is 2.58. The number of carbonyl (C=O) groups is 4. The zero-order valence-corrected chi connectivity index (χ0v) is 31.0. The minimum Gasteiger partial charge on any atom is -0.447 e. The molecule has 2 aliphatic carbocycles. The molecule has 3 heterocycles. The molecule has 282 valence electrons. The molecule has 1 saturated carbocycles. The van der Waals surface area contributed by atoms with Crippen molar-refractivity contribution in [3.8, 4) is 0 Å². The Hall–Kier alpha value is -4.96. The Labute approximate surface area is 318 Å². The van der Waals surface area contributed by atoms with Crippen molar-refractivity contribution < 1.29 is 23.9 Å². The van der Waals surface area contributed by atoms with Crippen molar-refractivity contribution >= 4 is 35.6 Å². The van der Waals surface area contributed by atoms with Crippen molar-refractivity contribution in [1.29, 1.82) is 0 Å². The third-order valence-electron chi connectivity index (χ3n) is 12.3. The number of carbonyl (C=O) groups excluding carboxylic acids is 4. The van der Waals surface area contributed by atoms with Crippen LogP contribution in [-0.4, -0.2) is 100 Å². The van der Waals surface area contributed by atoms with Crippen LogP contribution in [0.2, 0.25) is 0 Å². The summed E-state index contributed by atoms with van der Waals surface area (Å²) in [7, 11) is 0. The third-order valence-corrected chi connectivity index (χ3v) is 12.3. The van der Waals surface area contributed by atoms with Crippen LogP contribution in [0.5, 0.6) is 0 Å². The first kappa shape index (κ1) is 36.0. The van der Waals surface area contributed by atoms with Gasteiger partial charge in [-0.05, 0) is 66.8 Å². The number of piperazine rings is 1. The van der Waals surface area contributed by atoms with E-state index < -0.39 is 30.3 Å². The number of hydrogen-bond acceptors (Lipinski definition) is 6. The summed E-state index contributed by atoms with van der Waals surface area (Å²) >= 11 is 0. The highest BCUT2D eigenvalue weighted by Crippen LogP contribution is 2.39. The fourth-order valence-corrected chi connectivity index (χ4v) is 9.35. The SMILES string of the molecule is O=C(Nc1cccc2c1CCC2)[C@H](CCC(=O)N1CCN(C2CCCCC2)CC1)N1C(=O)[C@@H](N2C(=O)OC[C@@H]2c2ccccc2)[C@H]1/C=C/c1ccccc1. The summed E-state index contributed by atoms with van der Waals surface area (Å²) in [6.07, 6.45) is 12.8. The topological polar surface area (TPSA) is 103 Å². The Morgan fingerprint density at radius 1 is 0.833 bits per heavy atom. The van der Waals surface area contributed by atoms with Gasteiger partial charge in [0.25, 0.3) is 0 Å². The number of likely N-dealkylation sites (tertiary alicyclic amines) is 1. The molecule has 0 unspecified atom stereocenters. The molecule has 5 aliphatic rings. The number of β-lactam (4-membered cyclic amide) rings is 1. The number of cyclic esters (lactones) is 1. The van der Waals surface area contributed by atoms with E-state index in [0.717, 1.165) is 54.7 Å². The van der Waals surface area contributed by atoms with Crippen molar-refractivity contribution in [2.24, 2.45) is 0 Å². The molecule has 10 heteroatoms. The van der Waals surface area contributed by atoms with Crippen LogP contribution in [0.3, 0.4) is 0 Å². The molecule has 3 aliphatic heterocycles. The maximum absolute atomic E-state index is 14.6. The molecule has 10 nitrogen and oxygen atoms in total. The van der Waals surface area contributed by atoms with Gasteiger partial charge in [-0.1, -0.05) is 104 Å². The zero-order valence-electron chi connectivity index (χ0n) is 31.0. The van der Waals surface area contributed by atoms with Crippen molar-refractivity contribution in [1.82, 2.24) is 19.6 Å². The Kier molecular flexibility index (Phi) is 10.8. The molecule has 1 N–H and O–H groups in total.